The van der Waals surface area contributed by atoms with Crippen LogP contribution in [0.2, 0.25) is 0 Å². The van der Waals surface area contributed by atoms with Gasteiger partial charge in [-0.05, 0) is 26.8 Å². The first-order chi connectivity index (χ1) is 11.5. The fourth-order valence-corrected chi connectivity index (χ4v) is 1.95. The number of ether oxygens (including phenoxy) is 1. The number of carbonyl (C=O) groups excluding carboxylic acids is 2. The first-order valence-corrected chi connectivity index (χ1v) is 7.71. The van der Waals surface area contributed by atoms with Gasteiger partial charge in [-0.1, -0.05) is 6.92 Å². The molecule has 1 amide bonds. The Bertz CT molecular complexity index is 684. The van der Waals surface area contributed by atoms with Gasteiger partial charge in [-0.3, -0.25) is 9.80 Å². The van der Waals surface area contributed by atoms with Crippen LogP contribution in [-0.2, 0) is 9.53 Å². The number of amides is 1. The van der Waals surface area contributed by atoms with Gasteiger partial charge in [0.15, 0.2) is 0 Å². The molecule has 0 aliphatic rings. The van der Waals surface area contributed by atoms with Crippen molar-refractivity contribution in [1.29, 1.82) is 0 Å². The second-order valence-electron chi connectivity index (χ2n) is 6.40. The van der Waals surface area contributed by atoms with Gasteiger partial charge in [0, 0.05) is 26.6 Å². The van der Waals surface area contributed by atoms with Crippen LogP contribution in [0.4, 0.5) is 14.5 Å². The van der Waals surface area contributed by atoms with E-state index in [1.54, 1.807) is 27.7 Å². The van der Waals surface area contributed by atoms with Gasteiger partial charge in [0.2, 0.25) is 6.41 Å². The molecule has 0 aliphatic carbocycles. The maximum atomic E-state index is 14.3. The molecule has 0 radical (unpaired) electrons. The number of hydrogen-bond donors (Lipinski definition) is 0. The third-order valence-electron chi connectivity index (χ3n) is 3.15. The SMILES string of the molecule is CC/C(=N/N(C)c1cc(F)c(C(=O)OC(C)(C)C)cc1F)N(C)C=O. The van der Waals surface area contributed by atoms with Crippen molar-refractivity contribution in [2.24, 2.45) is 5.10 Å². The Balaban J connectivity index is 3.20. The highest BCUT2D eigenvalue weighted by atomic mass is 19.1. The van der Waals surface area contributed by atoms with E-state index >= 15 is 0 Å². The minimum atomic E-state index is -0.948. The third kappa shape index (κ3) is 5.51. The fourth-order valence-electron chi connectivity index (χ4n) is 1.95. The van der Waals surface area contributed by atoms with Crippen LogP contribution < -0.4 is 5.01 Å². The topological polar surface area (TPSA) is 62.2 Å². The number of halogens is 2. The molecule has 1 aromatic carbocycles. The van der Waals surface area contributed by atoms with E-state index in [0.29, 0.717) is 18.7 Å². The van der Waals surface area contributed by atoms with Crippen LogP contribution in [0.15, 0.2) is 17.2 Å². The number of carbonyl (C=O) groups is 2. The van der Waals surface area contributed by atoms with E-state index in [0.717, 1.165) is 17.1 Å². The molecule has 25 heavy (non-hydrogen) atoms. The molecule has 138 valence electrons. The van der Waals surface area contributed by atoms with Gasteiger partial charge in [-0.25, -0.2) is 13.6 Å². The number of nitrogens with zero attached hydrogens (tertiary/aromatic N) is 3. The lowest BCUT2D eigenvalue weighted by atomic mass is 10.1. The number of hydrazone groups is 1. The van der Waals surface area contributed by atoms with E-state index in [4.69, 9.17) is 4.74 Å². The van der Waals surface area contributed by atoms with Gasteiger partial charge in [0.25, 0.3) is 0 Å². The van der Waals surface area contributed by atoms with Crippen LogP contribution in [0.3, 0.4) is 0 Å². The van der Waals surface area contributed by atoms with Crippen molar-refractivity contribution < 1.29 is 23.1 Å². The molecule has 1 aromatic rings. The molecule has 0 aromatic heterocycles. The quantitative estimate of drug-likeness (QED) is 0.268. The minimum absolute atomic E-state index is 0.171. The highest BCUT2D eigenvalue weighted by Crippen LogP contribution is 2.24. The predicted molar refractivity (Wildman–Crippen MR) is 91.5 cm³/mol. The average Bonchev–Trinajstić information content (AvgIpc) is 2.51. The second-order valence-corrected chi connectivity index (χ2v) is 6.40. The van der Waals surface area contributed by atoms with Crippen molar-refractivity contribution in [3.05, 3.63) is 29.3 Å². The molecule has 0 heterocycles. The number of esters is 1. The van der Waals surface area contributed by atoms with E-state index < -0.39 is 28.8 Å². The summed E-state index contributed by atoms with van der Waals surface area (Å²) in [6.45, 7) is 6.67. The van der Waals surface area contributed by atoms with Crippen LogP contribution in [0.25, 0.3) is 0 Å². The van der Waals surface area contributed by atoms with Crippen molar-refractivity contribution in [2.45, 2.75) is 39.7 Å². The maximum Gasteiger partial charge on any atom is 0.341 e. The van der Waals surface area contributed by atoms with Crippen molar-refractivity contribution in [1.82, 2.24) is 4.90 Å². The highest BCUT2D eigenvalue weighted by Gasteiger charge is 2.23. The van der Waals surface area contributed by atoms with Crippen molar-refractivity contribution in [3.8, 4) is 0 Å². The molecule has 1 rings (SSSR count). The number of anilines is 1. The van der Waals surface area contributed by atoms with Gasteiger partial charge in [-0.15, -0.1) is 0 Å². The lowest BCUT2D eigenvalue weighted by molar-refractivity contribution is -0.114. The number of rotatable bonds is 5. The Hall–Kier alpha value is -2.51. The number of hydrogen-bond acceptors (Lipinski definition) is 5. The zero-order chi connectivity index (χ0) is 19.4. The summed E-state index contributed by atoms with van der Waals surface area (Å²) >= 11 is 0. The lowest BCUT2D eigenvalue weighted by Gasteiger charge is -2.21. The van der Waals surface area contributed by atoms with Gasteiger partial charge in [-0.2, -0.15) is 5.10 Å². The number of benzene rings is 1. The summed E-state index contributed by atoms with van der Waals surface area (Å²) in [6, 6.07) is 1.64. The number of amidine groups is 1. The van der Waals surface area contributed by atoms with Crippen molar-refractivity contribution >= 4 is 23.9 Å². The molecule has 8 heteroatoms. The lowest BCUT2D eigenvalue weighted by Crippen LogP contribution is -2.28. The summed E-state index contributed by atoms with van der Waals surface area (Å²) in [5, 5.41) is 5.20. The predicted octanol–water partition coefficient (Wildman–Crippen LogP) is 3.17. The van der Waals surface area contributed by atoms with E-state index in [1.807, 2.05) is 0 Å². The smallest absolute Gasteiger partial charge is 0.341 e. The molecule has 0 unspecified atom stereocenters. The van der Waals surface area contributed by atoms with E-state index in [-0.39, 0.29) is 5.69 Å². The summed E-state index contributed by atoms with van der Waals surface area (Å²) in [4.78, 5) is 24.0. The Labute approximate surface area is 146 Å². The molecule has 0 aliphatic heterocycles. The largest absolute Gasteiger partial charge is 0.456 e. The van der Waals surface area contributed by atoms with Crippen LogP contribution in [-0.4, -0.2) is 42.8 Å². The zero-order valence-electron chi connectivity index (χ0n) is 15.3. The van der Waals surface area contributed by atoms with Gasteiger partial charge < -0.3 is 9.64 Å². The summed E-state index contributed by atoms with van der Waals surface area (Å²) in [5.74, 6) is -2.34. The van der Waals surface area contributed by atoms with E-state index in [1.165, 1.54) is 19.0 Å². The van der Waals surface area contributed by atoms with Crippen molar-refractivity contribution in [3.63, 3.8) is 0 Å². The molecule has 0 bridgehead atoms. The molecule has 0 atom stereocenters. The molecular weight excluding hydrogens is 332 g/mol. The summed E-state index contributed by atoms with van der Waals surface area (Å²) in [7, 11) is 2.92. The first kappa shape index (κ1) is 20.5. The van der Waals surface area contributed by atoms with Crippen molar-refractivity contribution in [2.75, 3.05) is 19.1 Å². The molecule has 0 saturated carbocycles. The highest BCUT2D eigenvalue weighted by molar-refractivity contribution is 5.91. The van der Waals surface area contributed by atoms with Gasteiger partial charge in [0.05, 0.1) is 11.3 Å². The Morgan fingerprint density at radius 3 is 2.32 bits per heavy atom. The maximum absolute atomic E-state index is 14.3. The molecule has 0 spiro atoms. The molecular formula is C17H23F2N3O3. The Morgan fingerprint density at radius 2 is 1.84 bits per heavy atom. The van der Waals surface area contributed by atoms with Gasteiger partial charge in [0.1, 0.15) is 23.1 Å². The van der Waals surface area contributed by atoms with E-state index in [9.17, 15) is 18.4 Å². The fraction of sp³-hybridized carbons (Fsp3) is 0.471. The monoisotopic (exact) mass is 355 g/mol. The zero-order valence-corrected chi connectivity index (χ0v) is 15.3. The summed E-state index contributed by atoms with van der Waals surface area (Å²) in [6.07, 6.45) is 0.985. The standard InChI is InChI=1S/C17H23F2N3O3/c1-7-15(21(5)10-23)20-22(6)14-9-12(18)11(8-13(14)19)16(24)25-17(2,3)4/h8-10H,7H2,1-6H3/b20-15-. The molecule has 0 saturated heterocycles. The van der Waals surface area contributed by atoms with Crippen LogP contribution in [0.5, 0.6) is 0 Å². The van der Waals surface area contributed by atoms with Crippen LogP contribution in [0.1, 0.15) is 44.5 Å². The molecule has 6 nitrogen and oxygen atoms in total. The van der Waals surface area contributed by atoms with Crippen LogP contribution in [0, 0.1) is 11.6 Å². The Morgan fingerprint density at radius 1 is 1.24 bits per heavy atom. The molecule has 0 fully saturated rings. The normalized spacial score (nSPS) is 11.9. The first-order valence-electron chi connectivity index (χ1n) is 7.71. The minimum Gasteiger partial charge on any atom is -0.456 e. The van der Waals surface area contributed by atoms with Gasteiger partial charge >= 0.3 is 5.97 Å². The molecule has 0 N–H and O–H groups in total. The second kappa shape index (κ2) is 8.04. The summed E-state index contributed by atoms with van der Waals surface area (Å²) < 4.78 is 33.6. The van der Waals surface area contributed by atoms with Crippen LogP contribution >= 0.6 is 0 Å². The summed E-state index contributed by atoms with van der Waals surface area (Å²) in [5.41, 5.74) is -1.49. The average molecular weight is 355 g/mol. The Kier molecular flexibility index (Phi) is 6.61. The van der Waals surface area contributed by atoms with E-state index in [2.05, 4.69) is 5.10 Å². The third-order valence-corrected chi connectivity index (χ3v) is 3.15.